The van der Waals surface area contributed by atoms with E-state index in [2.05, 4.69) is 0 Å². The van der Waals surface area contributed by atoms with E-state index >= 15 is 0 Å². The van der Waals surface area contributed by atoms with Crippen molar-refractivity contribution in [3.8, 4) is 16.9 Å². The smallest absolute Gasteiger partial charge is 0.190 e. The highest BCUT2D eigenvalue weighted by molar-refractivity contribution is 5.92. The third-order valence-electron chi connectivity index (χ3n) is 4.34. The standard InChI is InChI=1S/C21H23NO3/c1-6-24-19-12-16(15-7-9-17(10-8-15)22(4)5)11-18(23)20-13(2)25-14(3)21(19)20/h7-12H,6H2,1-5H3. The van der Waals surface area contributed by atoms with Gasteiger partial charge in [0, 0.05) is 19.8 Å². The van der Waals surface area contributed by atoms with Gasteiger partial charge in [-0.2, -0.15) is 0 Å². The minimum atomic E-state index is -0.0537. The first-order valence-corrected chi connectivity index (χ1v) is 8.41. The second-order valence-corrected chi connectivity index (χ2v) is 6.31. The Morgan fingerprint density at radius 2 is 1.60 bits per heavy atom. The average molecular weight is 337 g/mol. The van der Waals surface area contributed by atoms with E-state index in [0.717, 1.165) is 22.2 Å². The summed E-state index contributed by atoms with van der Waals surface area (Å²) >= 11 is 0. The zero-order chi connectivity index (χ0) is 18.1. The van der Waals surface area contributed by atoms with Gasteiger partial charge in [-0.25, -0.2) is 0 Å². The average Bonchev–Trinajstić information content (AvgIpc) is 2.78. The van der Waals surface area contributed by atoms with E-state index in [1.807, 2.05) is 70.1 Å². The van der Waals surface area contributed by atoms with Crippen LogP contribution in [-0.4, -0.2) is 20.7 Å². The van der Waals surface area contributed by atoms with E-state index in [1.165, 1.54) is 0 Å². The van der Waals surface area contributed by atoms with Crippen molar-refractivity contribution < 1.29 is 9.15 Å². The third-order valence-corrected chi connectivity index (χ3v) is 4.34. The second kappa shape index (κ2) is 6.63. The fourth-order valence-corrected chi connectivity index (χ4v) is 3.13. The van der Waals surface area contributed by atoms with Gasteiger partial charge < -0.3 is 14.1 Å². The summed E-state index contributed by atoms with van der Waals surface area (Å²) in [4.78, 5) is 14.9. The van der Waals surface area contributed by atoms with Crippen LogP contribution >= 0.6 is 0 Å². The first kappa shape index (κ1) is 17.1. The van der Waals surface area contributed by atoms with Gasteiger partial charge in [0.15, 0.2) is 5.43 Å². The van der Waals surface area contributed by atoms with E-state index in [-0.39, 0.29) is 5.43 Å². The van der Waals surface area contributed by atoms with Gasteiger partial charge in [0.05, 0.1) is 17.4 Å². The van der Waals surface area contributed by atoms with Crippen LogP contribution in [0.5, 0.6) is 5.75 Å². The molecule has 1 aromatic heterocycles. The first-order valence-electron chi connectivity index (χ1n) is 8.41. The normalized spacial score (nSPS) is 10.9. The lowest BCUT2D eigenvalue weighted by atomic mass is 10.1. The lowest BCUT2D eigenvalue weighted by Gasteiger charge is -2.12. The quantitative estimate of drug-likeness (QED) is 0.701. The summed E-state index contributed by atoms with van der Waals surface area (Å²) in [7, 11) is 4.00. The molecular weight excluding hydrogens is 314 g/mol. The van der Waals surface area contributed by atoms with Crippen LogP contribution in [-0.2, 0) is 0 Å². The van der Waals surface area contributed by atoms with Crippen molar-refractivity contribution in [1.82, 2.24) is 0 Å². The molecule has 0 fully saturated rings. The Balaban J connectivity index is 2.28. The molecule has 130 valence electrons. The second-order valence-electron chi connectivity index (χ2n) is 6.31. The van der Waals surface area contributed by atoms with Gasteiger partial charge in [0.25, 0.3) is 0 Å². The number of anilines is 1. The molecule has 3 rings (SSSR count). The first-order chi connectivity index (χ1) is 11.9. The number of hydrogen-bond acceptors (Lipinski definition) is 4. The number of furan rings is 1. The van der Waals surface area contributed by atoms with Crippen LogP contribution in [0.15, 0.2) is 45.6 Å². The molecule has 25 heavy (non-hydrogen) atoms. The number of fused-ring (bicyclic) bond motifs is 1. The Morgan fingerprint density at radius 3 is 2.20 bits per heavy atom. The van der Waals surface area contributed by atoms with Gasteiger partial charge in [-0.15, -0.1) is 0 Å². The molecule has 0 bridgehead atoms. The van der Waals surface area contributed by atoms with Gasteiger partial charge in [-0.1, -0.05) is 12.1 Å². The predicted molar refractivity (Wildman–Crippen MR) is 103 cm³/mol. The summed E-state index contributed by atoms with van der Waals surface area (Å²) in [6.07, 6.45) is 0. The van der Waals surface area contributed by atoms with Crippen LogP contribution in [0.2, 0.25) is 0 Å². The molecule has 0 amide bonds. The molecule has 4 heteroatoms. The molecular formula is C21H23NO3. The Hall–Kier alpha value is -2.75. The summed E-state index contributed by atoms with van der Waals surface area (Å²) in [6.45, 7) is 6.14. The Labute approximate surface area is 147 Å². The molecule has 4 nitrogen and oxygen atoms in total. The molecule has 0 saturated heterocycles. The molecule has 0 atom stereocenters. The Morgan fingerprint density at radius 1 is 0.960 bits per heavy atom. The number of benzene rings is 1. The summed E-state index contributed by atoms with van der Waals surface area (Å²) in [6, 6.07) is 11.7. The van der Waals surface area contributed by atoms with Crippen molar-refractivity contribution in [1.29, 1.82) is 0 Å². The largest absolute Gasteiger partial charge is 0.493 e. The lowest BCUT2D eigenvalue weighted by molar-refractivity contribution is 0.344. The maximum atomic E-state index is 12.8. The van der Waals surface area contributed by atoms with Gasteiger partial charge in [-0.3, -0.25) is 4.79 Å². The zero-order valence-electron chi connectivity index (χ0n) is 15.3. The van der Waals surface area contributed by atoms with Crippen LogP contribution in [0.1, 0.15) is 18.4 Å². The monoisotopic (exact) mass is 337 g/mol. The van der Waals surface area contributed by atoms with Gasteiger partial charge >= 0.3 is 0 Å². The van der Waals surface area contributed by atoms with Gasteiger partial charge in [0.1, 0.15) is 17.3 Å². The van der Waals surface area contributed by atoms with Gasteiger partial charge in [0.2, 0.25) is 0 Å². The zero-order valence-corrected chi connectivity index (χ0v) is 15.3. The number of ether oxygens (including phenoxy) is 1. The number of rotatable bonds is 4. The Kier molecular flexibility index (Phi) is 4.53. The summed E-state index contributed by atoms with van der Waals surface area (Å²) in [5, 5.41) is 1.36. The maximum absolute atomic E-state index is 12.8. The van der Waals surface area contributed by atoms with Crippen molar-refractivity contribution in [2.75, 3.05) is 25.6 Å². The Bertz CT molecular complexity index is 969. The number of nitrogens with zero attached hydrogens (tertiary/aromatic N) is 1. The van der Waals surface area contributed by atoms with E-state index in [1.54, 1.807) is 6.07 Å². The van der Waals surface area contributed by atoms with Crippen molar-refractivity contribution in [3.63, 3.8) is 0 Å². The van der Waals surface area contributed by atoms with Crippen molar-refractivity contribution >= 4 is 16.5 Å². The molecule has 3 aromatic rings. The number of aryl methyl sites for hydroxylation is 2. The molecule has 0 saturated carbocycles. The molecule has 0 aliphatic rings. The van der Waals surface area contributed by atoms with E-state index < -0.39 is 0 Å². The molecule has 2 aromatic carbocycles. The van der Waals surface area contributed by atoms with Crippen molar-refractivity contribution in [2.45, 2.75) is 20.8 Å². The van der Waals surface area contributed by atoms with Crippen LogP contribution in [0, 0.1) is 13.8 Å². The predicted octanol–water partition coefficient (Wildman–Crippen LogP) is 4.54. The highest BCUT2D eigenvalue weighted by Gasteiger charge is 2.16. The minimum Gasteiger partial charge on any atom is -0.493 e. The molecule has 1 heterocycles. The molecule has 0 spiro atoms. The van der Waals surface area contributed by atoms with Crippen molar-refractivity contribution in [2.24, 2.45) is 0 Å². The lowest BCUT2D eigenvalue weighted by Crippen LogP contribution is -2.07. The molecule has 0 aliphatic heterocycles. The van der Waals surface area contributed by atoms with E-state index in [9.17, 15) is 4.79 Å². The summed E-state index contributed by atoms with van der Waals surface area (Å²) < 4.78 is 11.5. The molecule has 0 unspecified atom stereocenters. The van der Waals surface area contributed by atoms with Crippen LogP contribution < -0.4 is 15.1 Å². The SMILES string of the molecule is CCOc1cc(-c2ccc(N(C)C)cc2)cc(=O)c2c(C)oc(C)c12. The fourth-order valence-electron chi connectivity index (χ4n) is 3.13. The fraction of sp³-hybridized carbons (Fsp3) is 0.286. The molecule has 0 aliphatic carbocycles. The molecule has 0 radical (unpaired) electrons. The van der Waals surface area contributed by atoms with E-state index in [0.29, 0.717) is 29.3 Å². The van der Waals surface area contributed by atoms with Crippen molar-refractivity contribution in [3.05, 3.63) is 58.1 Å². The van der Waals surface area contributed by atoms with Gasteiger partial charge in [-0.05, 0) is 56.2 Å². The van der Waals surface area contributed by atoms with Crippen LogP contribution in [0.3, 0.4) is 0 Å². The topological polar surface area (TPSA) is 42.7 Å². The van der Waals surface area contributed by atoms with Crippen LogP contribution in [0.4, 0.5) is 5.69 Å². The van der Waals surface area contributed by atoms with Crippen LogP contribution in [0.25, 0.3) is 21.9 Å². The summed E-state index contributed by atoms with van der Waals surface area (Å²) in [5.41, 5.74) is 2.88. The summed E-state index contributed by atoms with van der Waals surface area (Å²) in [5.74, 6) is 2.02. The number of hydrogen-bond donors (Lipinski definition) is 0. The van der Waals surface area contributed by atoms with E-state index in [4.69, 9.17) is 9.15 Å². The maximum Gasteiger partial charge on any atom is 0.190 e. The highest BCUT2D eigenvalue weighted by atomic mass is 16.5. The minimum absolute atomic E-state index is 0.0537. The molecule has 0 N–H and O–H groups in total. The third kappa shape index (κ3) is 3.12. The highest BCUT2D eigenvalue weighted by Crippen LogP contribution is 2.33.